The molecule has 3 rings (SSSR count). The van der Waals surface area contributed by atoms with Crippen LogP contribution < -0.4 is 10.2 Å². The molecule has 6 heteroatoms. The number of aromatic nitrogens is 2. The predicted octanol–water partition coefficient (Wildman–Crippen LogP) is 2.03. The number of rotatable bonds is 5. The summed E-state index contributed by atoms with van der Waals surface area (Å²) in [4.78, 5) is 25.4. The van der Waals surface area contributed by atoms with Gasteiger partial charge in [-0.25, -0.2) is 9.97 Å². The number of hydrogen-bond acceptors (Lipinski definition) is 5. The maximum Gasteiger partial charge on any atom is 0.254 e. The van der Waals surface area contributed by atoms with Gasteiger partial charge in [-0.05, 0) is 31.4 Å². The van der Waals surface area contributed by atoms with Crippen molar-refractivity contribution in [1.82, 2.24) is 20.2 Å². The van der Waals surface area contributed by atoms with Gasteiger partial charge in [0.15, 0.2) is 0 Å². The van der Waals surface area contributed by atoms with Crippen molar-refractivity contribution in [2.24, 2.45) is 0 Å². The third-order valence-corrected chi connectivity index (χ3v) is 4.73. The Morgan fingerprint density at radius 2 is 2.04 bits per heavy atom. The first-order chi connectivity index (χ1) is 12.4. The van der Waals surface area contributed by atoms with Crippen LogP contribution in [0.5, 0.6) is 0 Å². The summed E-state index contributed by atoms with van der Waals surface area (Å²) in [6, 6.07) is 8.65. The van der Waals surface area contributed by atoms with Gasteiger partial charge in [0.25, 0.3) is 5.91 Å². The number of amides is 1. The number of aryl methyl sites for hydroxylation is 1. The fourth-order valence-electron chi connectivity index (χ4n) is 3.34. The first-order valence-electron chi connectivity index (χ1n) is 9.05. The van der Waals surface area contributed by atoms with Gasteiger partial charge in [0, 0.05) is 46.0 Å². The van der Waals surface area contributed by atoms with Crippen LogP contribution in [-0.4, -0.2) is 54.0 Å². The minimum atomic E-state index is -0.113. The highest BCUT2D eigenvalue weighted by molar-refractivity contribution is 5.95. The summed E-state index contributed by atoms with van der Waals surface area (Å²) in [7, 11) is 3.76. The van der Waals surface area contributed by atoms with Gasteiger partial charge in [0.05, 0.1) is 11.3 Å². The molecule has 0 bridgehead atoms. The van der Waals surface area contributed by atoms with Gasteiger partial charge in [-0.2, -0.15) is 0 Å². The summed E-state index contributed by atoms with van der Waals surface area (Å²) in [5.41, 5.74) is 4.06. The van der Waals surface area contributed by atoms with Crippen molar-refractivity contribution in [3.63, 3.8) is 0 Å². The molecule has 2 aromatic rings. The quantitative estimate of drug-likeness (QED) is 0.891. The van der Waals surface area contributed by atoms with E-state index in [9.17, 15) is 4.79 Å². The fourth-order valence-corrected chi connectivity index (χ4v) is 3.34. The molecule has 1 atom stereocenters. The zero-order valence-corrected chi connectivity index (χ0v) is 16.0. The lowest BCUT2D eigenvalue weighted by molar-refractivity contribution is 0.0925. The van der Waals surface area contributed by atoms with E-state index >= 15 is 0 Å². The van der Waals surface area contributed by atoms with Gasteiger partial charge < -0.3 is 10.2 Å². The number of carbonyl (C=O) groups is 1. The van der Waals surface area contributed by atoms with E-state index in [-0.39, 0.29) is 11.9 Å². The molecule has 2 heterocycles. The lowest BCUT2D eigenvalue weighted by atomic mass is 9.99. The Hall–Kier alpha value is -2.47. The monoisotopic (exact) mass is 353 g/mol. The molecule has 138 valence electrons. The smallest absolute Gasteiger partial charge is 0.254 e. The Labute approximate surface area is 155 Å². The third-order valence-electron chi connectivity index (χ3n) is 4.73. The summed E-state index contributed by atoms with van der Waals surface area (Å²) in [6.45, 7) is 6.68. The van der Waals surface area contributed by atoms with Crippen LogP contribution in [0.4, 0.5) is 5.95 Å². The highest BCUT2D eigenvalue weighted by Gasteiger charge is 2.20. The normalized spacial score (nSPS) is 15.2. The number of benzene rings is 1. The molecule has 0 saturated heterocycles. The number of hydrogen-bond donors (Lipinski definition) is 1. The van der Waals surface area contributed by atoms with Gasteiger partial charge in [-0.15, -0.1) is 0 Å². The predicted molar refractivity (Wildman–Crippen MR) is 103 cm³/mol. The summed E-state index contributed by atoms with van der Waals surface area (Å²) >= 11 is 0. The topological polar surface area (TPSA) is 61.4 Å². The fraction of sp³-hybridized carbons (Fsp3) is 0.450. The molecule has 1 aliphatic heterocycles. The Bertz CT molecular complexity index is 790. The summed E-state index contributed by atoms with van der Waals surface area (Å²) in [5, 5.41) is 3.08. The zero-order chi connectivity index (χ0) is 18.7. The van der Waals surface area contributed by atoms with Gasteiger partial charge in [-0.1, -0.05) is 24.3 Å². The lowest BCUT2D eigenvalue weighted by Gasteiger charge is -2.31. The Morgan fingerprint density at radius 3 is 2.73 bits per heavy atom. The molecule has 6 nitrogen and oxygen atoms in total. The van der Waals surface area contributed by atoms with E-state index in [1.54, 1.807) is 6.20 Å². The molecule has 1 unspecified atom stereocenters. The van der Waals surface area contributed by atoms with E-state index < -0.39 is 0 Å². The maximum atomic E-state index is 12.6. The Kier molecular flexibility index (Phi) is 5.52. The molecule has 1 amide bonds. The SMILES string of the molecule is Cc1nc(N(C)C)ncc1C(=O)NC(C)CN1CCc2ccccc2C1. The van der Waals surface area contributed by atoms with E-state index in [4.69, 9.17) is 0 Å². The molecule has 0 saturated carbocycles. The van der Waals surface area contributed by atoms with Crippen molar-refractivity contribution in [3.8, 4) is 0 Å². The number of nitrogens with one attached hydrogen (secondary N) is 1. The van der Waals surface area contributed by atoms with E-state index in [0.29, 0.717) is 17.2 Å². The van der Waals surface area contributed by atoms with Crippen LogP contribution in [0.1, 0.15) is 34.1 Å². The second kappa shape index (κ2) is 7.83. The molecular weight excluding hydrogens is 326 g/mol. The van der Waals surface area contributed by atoms with Gasteiger partial charge >= 0.3 is 0 Å². The molecule has 26 heavy (non-hydrogen) atoms. The van der Waals surface area contributed by atoms with E-state index in [1.807, 2.05) is 32.8 Å². The Morgan fingerprint density at radius 1 is 1.31 bits per heavy atom. The van der Waals surface area contributed by atoms with Crippen LogP contribution in [0, 0.1) is 6.92 Å². The highest BCUT2D eigenvalue weighted by atomic mass is 16.1. The van der Waals surface area contributed by atoms with Crippen molar-refractivity contribution in [1.29, 1.82) is 0 Å². The minimum Gasteiger partial charge on any atom is -0.348 e. The molecular formula is C20H27N5O. The summed E-state index contributed by atoms with van der Waals surface area (Å²) in [6.07, 6.45) is 2.67. The standard InChI is InChI=1S/C20H27N5O/c1-14(12-25-10-9-16-7-5-6-8-17(16)13-25)22-19(26)18-11-21-20(24(3)4)23-15(18)2/h5-8,11,14H,9-10,12-13H2,1-4H3,(H,22,26). The van der Waals surface area contributed by atoms with E-state index in [0.717, 1.165) is 26.1 Å². The van der Waals surface area contributed by atoms with Gasteiger partial charge in [-0.3, -0.25) is 9.69 Å². The molecule has 0 aliphatic carbocycles. The second-order valence-corrected chi connectivity index (χ2v) is 7.19. The first kappa shape index (κ1) is 18.3. The third kappa shape index (κ3) is 4.19. The van der Waals surface area contributed by atoms with Crippen LogP contribution in [0.15, 0.2) is 30.5 Å². The zero-order valence-electron chi connectivity index (χ0n) is 16.0. The average Bonchev–Trinajstić information content (AvgIpc) is 2.61. The summed E-state index contributed by atoms with van der Waals surface area (Å²) < 4.78 is 0. The van der Waals surface area contributed by atoms with Crippen LogP contribution in [0.25, 0.3) is 0 Å². The maximum absolute atomic E-state index is 12.6. The average molecular weight is 353 g/mol. The lowest BCUT2D eigenvalue weighted by Crippen LogP contribution is -2.43. The number of nitrogens with zero attached hydrogens (tertiary/aromatic N) is 4. The Balaban J connectivity index is 1.58. The molecule has 1 aromatic carbocycles. The minimum absolute atomic E-state index is 0.0562. The van der Waals surface area contributed by atoms with E-state index in [1.165, 1.54) is 11.1 Å². The van der Waals surface area contributed by atoms with Crippen molar-refractivity contribution in [3.05, 3.63) is 52.8 Å². The van der Waals surface area contributed by atoms with Crippen molar-refractivity contribution < 1.29 is 4.79 Å². The van der Waals surface area contributed by atoms with Crippen LogP contribution >= 0.6 is 0 Å². The first-order valence-corrected chi connectivity index (χ1v) is 9.05. The molecule has 0 radical (unpaired) electrons. The molecule has 1 N–H and O–H groups in total. The van der Waals surface area contributed by atoms with Crippen LogP contribution in [0.2, 0.25) is 0 Å². The number of anilines is 1. The molecule has 0 spiro atoms. The van der Waals surface area contributed by atoms with Crippen molar-refractivity contribution in [2.75, 3.05) is 32.1 Å². The number of carbonyl (C=O) groups excluding carboxylic acids is 1. The molecule has 0 fully saturated rings. The second-order valence-electron chi connectivity index (χ2n) is 7.19. The highest BCUT2D eigenvalue weighted by Crippen LogP contribution is 2.18. The largest absolute Gasteiger partial charge is 0.348 e. The van der Waals surface area contributed by atoms with Crippen LogP contribution in [-0.2, 0) is 13.0 Å². The summed E-state index contributed by atoms with van der Waals surface area (Å²) in [5.74, 6) is 0.497. The van der Waals surface area contributed by atoms with Crippen molar-refractivity contribution >= 4 is 11.9 Å². The van der Waals surface area contributed by atoms with E-state index in [2.05, 4.69) is 44.5 Å². The molecule has 1 aromatic heterocycles. The van der Waals surface area contributed by atoms with Gasteiger partial charge in [0.2, 0.25) is 5.95 Å². The molecule has 1 aliphatic rings. The van der Waals surface area contributed by atoms with Crippen molar-refractivity contribution in [2.45, 2.75) is 32.9 Å². The number of fused-ring (bicyclic) bond motifs is 1. The van der Waals surface area contributed by atoms with Crippen LogP contribution in [0.3, 0.4) is 0 Å². The van der Waals surface area contributed by atoms with Gasteiger partial charge in [0.1, 0.15) is 0 Å².